The van der Waals surface area contributed by atoms with Gasteiger partial charge in [-0.2, -0.15) is 0 Å². The van der Waals surface area contributed by atoms with Crippen LogP contribution in [0.3, 0.4) is 0 Å². The van der Waals surface area contributed by atoms with E-state index in [4.69, 9.17) is 23.2 Å². The van der Waals surface area contributed by atoms with Gasteiger partial charge < -0.3 is 5.32 Å². The quantitative estimate of drug-likeness (QED) is 0.856. The van der Waals surface area contributed by atoms with Crippen LogP contribution in [0.1, 0.15) is 15.9 Å². The standard InChI is InChI=1S/C14H10Cl2FNO/c1-8-6-9(15)2-5-13(8)18-14(19)11-4-3-10(17)7-12(11)16/h2-7H,1H3,(H,18,19). The highest BCUT2D eigenvalue weighted by molar-refractivity contribution is 6.34. The lowest BCUT2D eigenvalue weighted by atomic mass is 10.1. The molecule has 0 bridgehead atoms. The van der Waals surface area contributed by atoms with Crippen LogP contribution in [0.15, 0.2) is 36.4 Å². The van der Waals surface area contributed by atoms with Crippen LogP contribution in [0.4, 0.5) is 10.1 Å². The molecule has 2 aromatic carbocycles. The van der Waals surface area contributed by atoms with Crippen molar-refractivity contribution in [2.24, 2.45) is 0 Å². The van der Waals surface area contributed by atoms with Crippen molar-refractivity contribution in [3.63, 3.8) is 0 Å². The summed E-state index contributed by atoms with van der Waals surface area (Å²) in [6.45, 7) is 1.83. The Bertz CT molecular complexity index is 643. The molecule has 1 N–H and O–H groups in total. The number of halogens is 3. The van der Waals surface area contributed by atoms with Crippen LogP contribution < -0.4 is 5.32 Å². The molecule has 0 aliphatic rings. The van der Waals surface area contributed by atoms with E-state index in [-0.39, 0.29) is 10.6 Å². The maximum absolute atomic E-state index is 12.9. The molecule has 0 heterocycles. The number of aryl methyl sites for hydroxylation is 1. The number of rotatable bonds is 2. The molecule has 0 atom stereocenters. The van der Waals surface area contributed by atoms with E-state index in [2.05, 4.69) is 5.32 Å². The second kappa shape index (κ2) is 5.59. The SMILES string of the molecule is Cc1cc(Cl)ccc1NC(=O)c1ccc(F)cc1Cl. The molecule has 0 radical (unpaired) electrons. The molecule has 5 heteroatoms. The summed E-state index contributed by atoms with van der Waals surface area (Å²) < 4.78 is 12.9. The minimum atomic E-state index is -0.482. The number of anilines is 1. The lowest BCUT2D eigenvalue weighted by Gasteiger charge is -2.09. The van der Waals surface area contributed by atoms with Gasteiger partial charge in [0, 0.05) is 10.7 Å². The fraction of sp³-hybridized carbons (Fsp3) is 0.0714. The molecule has 1 amide bonds. The van der Waals surface area contributed by atoms with E-state index in [0.29, 0.717) is 10.7 Å². The van der Waals surface area contributed by atoms with E-state index >= 15 is 0 Å². The highest BCUT2D eigenvalue weighted by Crippen LogP contribution is 2.22. The molecular formula is C14H10Cl2FNO. The van der Waals surface area contributed by atoms with E-state index < -0.39 is 11.7 Å². The lowest BCUT2D eigenvalue weighted by Crippen LogP contribution is -2.13. The molecule has 0 aliphatic carbocycles. The predicted molar refractivity (Wildman–Crippen MR) is 75.6 cm³/mol. The van der Waals surface area contributed by atoms with Gasteiger partial charge in [-0.25, -0.2) is 4.39 Å². The first kappa shape index (κ1) is 13.8. The highest BCUT2D eigenvalue weighted by Gasteiger charge is 2.12. The second-order valence-electron chi connectivity index (χ2n) is 4.04. The molecule has 0 saturated heterocycles. The van der Waals surface area contributed by atoms with Crippen LogP contribution in [0.5, 0.6) is 0 Å². The van der Waals surface area contributed by atoms with E-state index in [1.165, 1.54) is 12.1 Å². The number of nitrogens with one attached hydrogen (secondary N) is 1. The third-order valence-electron chi connectivity index (χ3n) is 2.61. The summed E-state index contributed by atoms with van der Waals surface area (Å²) in [5, 5.41) is 3.38. The zero-order valence-electron chi connectivity index (χ0n) is 10.0. The number of carbonyl (C=O) groups excluding carboxylic acids is 1. The Kier molecular flexibility index (Phi) is 4.08. The van der Waals surface area contributed by atoms with Gasteiger partial charge in [-0.15, -0.1) is 0 Å². The van der Waals surface area contributed by atoms with Crippen molar-refractivity contribution in [3.05, 3.63) is 63.4 Å². The van der Waals surface area contributed by atoms with Gasteiger partial charge in [0.15, 0.2) is 0 Å². The summed E-state index contributed by atoms with van der Waals surface area (Å²) in [6.07, 6.45) is 0. The number of hydrogen-bond acceptors (Lipinski definition) is 1. The average Bonchev–Trinajstić information content (AvgIpc) is 2.32. The first-order chi connectivity index (χ1) is 8.97. The molecule has 2 aromatic rings. The minimum Gasteiger partial charge on any atom is -0.322 e. The molecule has 0 unspecified atom stereocenters. The second-order valence-corrected chi connectivity index (χ2v) is 4.88. The average molecular weight is 298 g/mol. The Hall–Kier alpha value is -1.58. The molecule has 0 saturated carbocycles. The first-order valence-electron chi connectivity index (χ1n) is 5.50. The molecule has 2 nitrogen and oxygen atoms in total. The Balaban J connectivity index is 2.25. The molecule has 2 rings (SSSR count). The largest absolute Gasteiger partial charge is 0.322 e. The van der Waals surface area contributed by atoms with Crippen molar-refractivity contribution in [2.45, 2.75) is 6.92 Å². The maximum Gasteiger partial charge on any atom is 0.257 e. The van der Waals surface area contributed by atoms with Crippen LogP contribution in [0.25, 0.3) is 0 Å². The zero-order chi connectivity index (χ0) is 14.0. The fourth-order valence-corrected chi connectivity index (χ4v) is 2.11. The Morgan fingerprint density at radius 3 is 2.53 bits per heavy atom. The molecule has 0 fully saturated rings. The number of carbonyl (C=O) groups is 1. The summed E-state index contributed by atoms with van der Waals surface area (Å²) in [6, 6.07) is 8.76. The van der Waals surface area contributed by atoms with E-state index in [1.54, 1.807) is 18.2 Å². The van der Waals surface area contributed by atoms with Crippen molar-refractivity contribution in [2.75, 3.05) is 5.32 Å². The van der Waals surface area contributed by atoms with Crippen molar-refractivity contribution in [1.82, 2.24) is 0 Å². The van der Waals surface area contributed by atoms with Crippen LogP contribution in [0.2, 0.25) is 10.0 Å². The van der Waals surface area contributed by atoms with E-state index in [9.17, 15) is 9.18 Å². The van der Waals surface area contributed by atoms with Crippen LogP contribution >= 0.6 is 23.2 Å². The summed E-state index contributed by atoms with van der Waals surface area (Å²) in [5.41, 5.74) is 1.69. The fourth-order valence-electron chi connectivity index (χ4n) is 1.63. The smallest absolute Gasteiger partial charge is 0.257 e. The summed E-state index contributed by atoms with van der Waals surface area (Å²) in [5.74, 6) is -0.875. The van der Waals surface area contributed by atoms with Crippen LogP contribution in [-0.4, -0.2) is 5.91 Å². The Labute approximate surface area is 120 Å². The number of hydrogen-bond donors (Lipinski definition) is 1. The van der Waals surface area contributed by atoms with Gasteiger partial charge in [0.25, 0.3) is 5.91 Å². The lowest BCUT2D eigenvalue weighted by molar-refractivity contribution is 0.102. The summed E-state index contributed by atoms with van der Waals surface area (Å²) >= 11 is 11.7. The van der Waals surface area contributed by atoms with Gasteiger partial charge in [-0.05, 0) is 48.9 Å². The van der Waals surface area contributed by atoms with Gasteiger partial charge in [0.2, 0.25) is 0 Å². The summed E-state index contributed by atoms with van der Waals surface area (Å²) in [4.78, 5) is 12.0. The number of amides is 1. The van der Waals surface area contributed by atoms with Crippen LogP contribution in [0, 0.1) is 12.7 Å². The molecule has 98 valence electrons. The van der Waals surface area contributed by atoms with Crippen molar-refractivity contribution >= 4 is 34.8 Å². The van der Waals surface area contributed by atoms with Gasteiger partial charge in [-0.1, -0.05) is 23.2 Å². The minimum absolute atomic E-state index is 0.0733. The maximum atomic E-state index is 12.9. The first-order valence-corrected chi connectivity index (χ1v) is 6.25. The molecule has 0 aliphatic heterocycles. The molecule has 19 heavy (non-hydrogen) atoms. The normalized spacial score (nSPS) is 10.3. The van der Waals surface area contributed by atoms with Gasteiger partial charge >= 0.3 is 0 Å². The topological polar surface area (TPSA) is 29.1 Å². The van der Waals surface area contributed by atoms with Gasteiger partial charge in [0.05, 0.1) is 10.6 Å². The van der Waals surface area contributed by atoms with E-state index in [0.717, 1.165) is 11.6 Å². The third kappa shape index (κ3) is 3.25. The zero-order valence-corrected chi connectivity index (χ0v) is 11.5. The molecular weight excluding hydrogens is 288 g/mol. The molecule has 0 spiro atoms. The van der Waals surface area contributed by atoms with Crippen molar-refractivity contribution in [1.29, 1.82) is 0 Å². The molecule has 0 aromatic heterocycles. The van der Waals surface area contributed by atoms with Crippen molar-refractivity contribution < 1.29 is 9.18 Å². The number of benzene rings is 2. The van der Waals surface area contributed by atoms with Crippen molar-refractivity contribution in [3.8, 4) is 0 Å². The third-order valence-corrected chi connectivity index (χ3v) is 3.16. The Morgan fingerprint density at radius 2 is 1.89 bits per heavy atom. The van der Waals surface area contributed by atoms with Gasteiger partial charge in [0.1, 0.15) is 5.82 Å². The summed E-state index contributed by atoms with van der Waals surface area (Å²) in [7, 11) is 0. The monoisotopic (exact) mass is 297 g/mol. The Morgan fingerprint density at radius 1 is 1.16 bits per heavy atom. The van der Waals surface area contributed by atoms with E-state index in [1.807, 2.05) is 6.92 Å². The van der Waals surface area contributed by atoms with Crippen LogP contribution in [-0.2, 0) is 0 Å². The highest BCUT2D eigenvalue weighted by atomic mass is 35.5. The van der Waals surface area contributed by atoms with Gasteiger partial charge in [-0.3, -0.25) is 4.79 Å². The predicted octanol–water partition coefficient (Wildman–Crippen LogP) is 4.69.